The first-order valence-corrected chi connectivity index (χ1v) is 8.14. The van der Waals surface area contributed by atoms with Crippen LogP contribution in [0.1, 0.15) is 6.42 Å². The SMILES string of the molecule is CNC1CCN(S(=O)(=O)c2ccc3c(c2)oc(=O)n3C)C1. The van der Waals surface area contributed by atoms with E-state index in [-0.39, 0.29) is 16.5 Å². The number of hydrogen-bond acceptors (Lipinski definition) is 5. The molecule has 2 heterocycles. The van der Waals surface area contributed by atoms with Gasteiger partial charge in [0, 0.05) is 32.2 Å². The molecule has 1 unspecified atom stereocenters. The van der Waals surface area contributed by atoms with Crippen LogP contribution in [0.3, 0.4) is 0 Å². The first-order valence-electron chi connectivity index (χ1n) is 6.70. The van der Waals surface area contributed by atoms with E-state index in [1.807, 2.05) is 7.05 Å². The Morgan fingerprint density at radius 1 is 1.38 bits per heavy atom. The number of fused-ring (bicyclic) bond motifs is 1. The molecule has 1 atom stereocenters. The number of rotatable bonds is 3. The minimum absolute atomic E-state index is 0.154. The van der Waals surface area contributed by atoms with E-state index in [2.05, 4.69) is 5.32 Å². The molecule has 0 aliphatic carbocycles. The lowest BCUT2D eigenvalue weighted by Crippen LogP contribution is -2.33. The fourth-order valence-corrected chi connectivity index (χ4v) is 4.12. The zero-order valence-corrected chi connectivity index (χ0v) is 12.7. The van der Waals surface area contributed by atoms with Gasteiger partial charge in [0.25, 0.3) is 0 Å². The smallest absolute Gasteiger partial charge is 0.408 e. The Kier molecular flexibility index (Phi) is 3.39. The highest BCUT2D eigenvalue weighted by atomic mass is 32.2. The zero-order valence-electron chi connectivity index (χ0n) is 11.9. The van der Waals surface area contributed by atoms with E-state index in [0.717, 1.165) is 6.42 Å². The first-order chi connectivity index (χ1) is 9.93. The molecule has 1 aromatic heterocycles. The van der Waals surface area contributed by atoms with Gasteiger partial charge in [0.15, 0.2) is 5.58 Å². The highest BCUT2D eigenvalue weighted by Crippen LogP contribution is 2.24. The normalized spacial score (nSPS) is 20.4. The molecule has 1 aliphatic heterocycles. The zero-order chi connectivity index (χ0) is 15.2. The Balaban J connectivity index is 2.01. The van der Waals surface area contributed by atoms with E-state index in [0.29, 0.717) is 18.6 Å². The Morgan fingerprint density at radius 3 is 2.81 bits per heavy atom. The van der Waals surface area contributed by atoms with Crippen LogP contribution in [-0.2, 0) is 17.1 Å². The van der Waals surface area contributed by atoms with Crippen molar-refractivity contribution < 1.29 is 12.8 Å². The molecule has 1 aromatic carbocycles. The Hall–Kier alpha value is -1.64. The van der Waals surface area contributed by atoms with Gasteiger partial charge >= 0.3 is 5.76 Å². The molecule has 0 spiro atoms. The standard InChI is InChI=1S/C13H17N3O4S/c1-14-9-5-6-16(8-9)21(18,19)10-3-4-11-12(7-10)20-13(17)15(11)2/h3-4,7,9,14H,5-6,8H2,1-2H3. The van der Waals surface area contributed by atoms with Crippen LogP contribution in [0.15, 0.2) is 32.3 Å². The Morgan fingerprint density at radius 2 is 2.14 bits per heavy atom. The summed E-state index contributed by atoms with van der Waals surface area (Å²) in [6.45, 7) is 0.945. The molecule has 0 radical (unpaired) electrons. The van der Waals surface area contributed by atoms with Crippen LogP contribution in [0.4, 0.5) is 0 Å². The molecule has 0 bridgehead atoms. The number of nitrogens with zero attached hydrogens (tertiary/aromatic N) is 2. The highest BCUT2D eigenvalue weighted by Gasteiger charge is 2.32. The van der Waals surface area contributed by atoms with Gasteiger partial charge in [-0.2, -0.15) is 4.31 Å². The summed E-state index contributed by atoms with van der Waals surface area (Å²) >= 11 is 0. The molecule has 3 rings (SSSR count). The second-order valence-corrected chi connectivity index (χ2v) is 7.13. The monoisotopic (exact) mass is 311 g/mol. The molecule has 114 valence electrons. The van der Waals surface area contributed by atoms with Crippen LogP contribution in [0.25, 0.3) is 11.1 Å². The van der Waals surface area contributed by atoms with Crippen molar-refractivity contribution in [2.75, 3.05) is 20.1 Å². The topological polar surface area (TPSA) is 84.6 Å². The molecule has 21 heavy (non-hydrogen) atoms. The maximum Gasteiger partial charge on any atom is 0.419 e. The lowest BCUT2D eigenvalue weighted by atomic mass is 10.3. The molecule has 0 saturated carbocycles. The Bertz CT molecular complexity index is 837. The van der Waals surface area contributed by atoms with Crippen LogP contribution in [0, 0.1) is 0 Å². The van der Waals surface area contributed by atoms with E-state index in [9.17, 15) is 13.2 Å². The average molecular weight is 311 g/mol. The number of sulfonamides is 1. The van der Waals surface area contributed by atoms with Gasteiger partial charge in [0.2, 0.25) is 10.0 Å². The number of oxazole rings is 1. The lowest BCUT2D eigenvalue weighted by Gasteiger charge is -2.16. The van der Waals surface area contributed by atoms with Crippen LogP contribution in [0.2, 0.25) is 0 Å². The van der Waals surface area contributed by atoms with Crippen molar-refractivity contribution in [1.29, 1.82) is 0 Å². The first kappa shape index (κ1) is 14.3. The van der Waals surface area contributed by atoms with Crippen molar-refractivity contribution in [2.24, 2.45) is 7.05 Å². The summed E-state index contributed by atoms with van der Waals surface area (Å²) in [7, 11) is -0.146. The number of benzene rings is 1. The third-order valence-corrected chi connectivity index (χ3v) is 5.82. The van der Waals surface area contributed by atoms with Gasteiger partial charge in [-0.25, -0.2) is 13.2 Å². The fourth-order valence-electron chi connectivity index (χ4n) is 2.61. The molecule has 1 fully saturated rings. The summed E-state index contributed by atoms with van der Waals surface area (Å²) in [6, 6.07) is 4.70. The summed E-state index contributed by atoms with van der Waals surface area (Å²) in [6.07, 6.45) is 0.790. The molecule has 2 aromatic rings. The van der Waals surface area contributed by atoms with Crippen molar-refractivity contribution in [3.63, 3.8) is 0 Å². The van der Waals surface area contributed by atoms with Crippen LogP contribution in [0.5, 0.6) is 0 Å². The van der Waals surface area contributed by atoms with Crippen LogP contribution >= 0.6 is 0 Å². The van der Waals surface area contributed by atoms with Crippen molar-refractivity contribution in [3.05, 3.63) is 28.7 Å². The van der Waals surface area contributed by atoms with Crippen molar-refractivity contribution in [2.45, 2.75) is 17.4 Å². The van der Waals surface area contributed by atoms with Gasteiger partial charge in [0.1, 0.15) is 0 Å². The van der Waals surface area contributed by atoms with E-state index in [1.54, 1.807) is 13.1 Å². The molecule has 7 nitrogen and oxygen atoms in total. The van der Waals surface area contributed by atoms with Crippen molar-refractivity contribution >= 4 is 21.1 Å². The van der Waals surface area contributed by atoms with Gasteiger partial charge in [-0.05, 0) is 25.6 Å². The minimum atomic E-state index is -3.55. The average Bonchev–Trinajstić information content (AvgIpc) is 3.05. The van der Waals surface area contributed by atoms with Crippen LogP contribution < -0.4 is 11.1 Å². The molecule has 8 heteroatoms. The van der Waals surface area contributed by atoms with Crippen molar-refractivity contribution in [3.8, 4) is 0 Å². The quantitative estimate of drug-likeness (QED) is 0.870. The van der Waals surface area contributed by atoms with Crippen LogP contribution in [-0.4, -0.2) is 43.5 Å². The van der Waals surface area contributed by atoms with E-state index in [1.165, 1.54) is 21.0 Å². The number of likely N-dealkylation sites (N-methyl/N-ethyl adjacent to an activating group) is 1. The summed E-state index contributed by atoms with van der Waals surface area (Å²) in [5.74, 6) is -0.504. The highest BCUT2D eigenvalue weighted by molar-refractivity contribution is 7.89. The van der Waals surface area contributed by atoms with Gasteiger partial charge < -0.3 is 9.73 Å². The largest absolute Gasteiger partial charge is 0.419 e. The minimum Gasteiger partial charge on any atom is -0.408 e. The van der Waals surface area contributed by atoms with Gasteiger partial charge in [0.05, 0.1) is 10.4 Å². The third kappa shape index (κ3) is 2.29. The molecular weight excluding hydrogens is 294 g/mol. The summed E-state index contributed by atoms with van der Waals surface area (Å²) < 4.78 is 33.1. The molecule has 1 saturated heterocycles. The number of nitrogens with one attached hydrogen (secondary N) is 1. The van der Waals surface area contributed by atoms with Gasteiger partial charge in [-0.3, -0.25) is 4.57 Å². The number of aromatic nitrogens is 1. The maximum atomic E-state index is 12.6. The van der Waals surface area contributed by atoms with E-state index >= 15 is 0 Å². The summed E-state index contributed by atoms with van der Waals surface area (Å²) in [5.41, 5.74) is 0.862. The fraction of sp³-hybridized carbons (Fsp3) is 0.462. The predicted molar refractivity (Wildman–Crippen MR) is 77.7 cm³/mol. The third-order valence-electron chi connectivity index (χ3n) is 3.96. The molecule has 1 aliphatic rings. The van der Waals surface area contributed by atoms with Gasteiger partial charge in [-0.1, -0.05) is 0 Å². The molecule has 0 amide bonds. The van der Waals surface area contributed by atoms with E-state index in [4.69, 9.17) is 4.42 Å². The number of hydrogen-bond donors (Lipinski definition) is 1. The summed E-state index contributed by atoms with van der Waals surface area (Å²) in [5, 5.41) is 3.09. The number of aryl methyl sites for hydroxylation is 1. The maximum absolute atomic E-state index is 12.6. The Labute approximate surface area is 122 Å². The second kappa shape index (κ2) is 4.97. The summed E-state index contributed by atoms with van der Waals surface area (Å²) in [4.78, 5) is 11.6. The van der Waals surface area contributed by atoms with E-state index < -0.39 is 15.8 Å². The molecular formula is C13H17N3O4S. The molecule has 1 N–H and O–H groups in total. The second-order valence-electron chi connectivity index (χ2n) is 5.19. The van der Waals surface area contributed by atoms with Gasteiger partial charge in [-0.15, -0.1) is 0 Å². The predicted octanol–water partition coefficient (Wildman–Crippen LogP) is 0.114. The lowest BCUT2D eigenvalue weighted by molar-refractivity contribution is 0.464. The van der Waals surface area contributed by atoms with Crippen molar-refractivity contribution in [1.82, 2.24) is 14.2 Å².